The molecule has 0 spiro atoms. The summed E-state index contributed by atoms with van der Waals surface area (Å²) < 4.78 is 27.5. The van der Waals surface area contributed by atoms with Crippen molar-refractivity contribution in [3.8, 4) is 0 Å². The summed E-state index contributed by atoms with van der Waals surface area (Å²) in [5.74, 6) is -0.572. The van der Waals surface area contributed by atoms with E-state index in [1.54, 1.807) is 55.6 Å². The van der Waals surface area contributed by atoms with Crippen molar-refractivity contribution < 1.29 is 18.0 Å². The van der Waals surface area contributed by atoms with Gasteiger partial charge in [0.15, 0.2) is 0 Å². The van der Waals surface area contributed by atoms with Crippen LogP contribution in [0.5, 0.6) is 0 Å². The molecule has 0 heterocycles. The number of hydrogen-bond donors (Lipinski definition) is 3. The zero-order chi connectivity index (χ0) is 22.4. The van der Waals surface area contributed by atoms with Gasteiger partial charge in [0.25, 0.3) is 21.8 Å². The molecule has 0 bridgehead atoms. The van der Waals surface area contributed by atoms with Gasteiger partial charge in [0, 0.05) is 35.4 Å². The van der Waals surface area contributed by atoms with Crippen LogP contribution in [0.2, 0.25) is 5.02 Å². The van der Waals surface area contributed by atoms with Crippen molar-refractivity contribution in [3.05, 3.63) is 94.5 Å². The van der Waals surface area contributed by atoms with Crippen LogP contribution in [0, 0.1) is 0 Å². The molecule has 0 fully saturated rings. The van der Waals surface area contributed by atoms with Crippen molar-refractivity contribution in [1.29, 1.82) is 0 Å². The molecule has 0 saturated carbocycles. The fourth-order valence-electron chi connectivity index (χ4n) is 2.77. The van der Waals surface area contributed by atoms with Crippen LogP contribution < -0.4 is 15.4 Å². The Labute approximate surface area is 185 Å². The Balaban J connectivity index is 1.64. The predicted molar refractivity (Wildman–Crippen MR) is 120 cm³/mol. The van der Waals surface area contributed by atoms with Crippen molar-refractivity contribution in [2.75, 3.05) is 11.8 Å². The van der Waals surface area contributed by atoms with Crippen LogP contribution in [0.4, 0.5) is 5.69 Å². The van der Waals surface area contributed by atoms with Crippen LogP contribution in [0.25, 0.3) is 0 Å². The summed E-state index contributed by atoms with van der Waals surface area (Å²) >= 11 is 5.81. The van der Waals surface area contributed by atoms with Crippen LogP contribution in [0.3, 0.4) is 0 Å². The highest BCUT2D eigenvalue weighted by atomic mass is 35.5. The molecule has 7 nitrogen and oxygen atoms in total. The molecule has 3 aromatic rings. The van der Waals surface area contributed by atoms with E-state index in [4.69, 9.17) is 11.6 Å². The maximum absolute atomic E-state index is 12.5. The van der Waals surface area contributed by atoms with Gasteiger partial charge in [-0.3, -0.25) is 14.3 Å². The van der Waals surface area contributed by atoms with Crippen LogP contribution in [0.1, 0.15) is 26.3 Å². The first-order chi connectivity index (χ1) is 14.8. The first-order valence-electron chi connectivity index (χ1n) is 9.26. The largest absolute Gasteiger partial charge is 0.355 e. The van der Waals surface area contributed by atoms with Crippen molar-refractivity contribution >= 4 is 39.1 Å². The van der Waals surface area contributed by atoms with Gasteiger partial charge in [0.05, 0.1) is 4.90 Å². The van der Waals surface area contributed by atoms with E-state index in [0.717, 1.165) is 5.56 Å². The first-order valence-corrected chi connectivity index (χ1v) is 11.1. The van der Waals surface area contributed by atoms with E-state index in [0.29, 0.717) is 21.8 Å². The lowest BCUT2D eigenvalue weighted by atomic mass is 10.1. The minimum Gasteiger partial charge on any atom is -0.355 e. The SMILES string of the molecule is CNC(=O)c1cccc(CNC(=O)c2ccc(S(=O)(=O)Nc3ccc(Cl)cc3)cc2)c1. The Morgan fingerprint density at radius 2 is 1.55 bits per heavy atom. The maximum atomic E-state index is 12.5. The van der Waals surface area contributed by atoms with Crippen LogP contribution in [-0.4, -0.2) is 27.3 Å². The molecule has 3 N–H and O–H groups in total. The average molecular weight is 458 g/mol. The van der Waals surface area contributed by atoms with Crippen molar-refractivity contribution in [2.24, 2.45) is 0 Å². The highest BCUT2D eigenvalue weighted by Gasteiger charge is 2.15. The molecule has 2 amide bonds. The second-order valence-electron chi connectivity index (χ2n) is 6.60. The van der Waals surface area contributed by atoms with E-state index in [2.05, 4.69) is 15.4 Å². The zero-order valence-corrected chi connectivity index (χ0v) is 18.1. The van der Waals surface area contributed by atoms with Crippen molar-refractivity contribution in [3.63, 3.8) is 0 Å². The Hall–Kier alpha value is -3.36. The van der Waals surface area contributed by atoms with Crippen LogP contribution >= 0.6 is 11.6 Å². The normalized spacial score (nSPS) is 10.9. The number of anilines is 1. The molecule has 0 aliphatic heterocycles. The number of benzene rings is 3. The summed E-state index contributed by atoms with van der Waals surface area (Å²) in [6, 6.07) is 18.8. The third kappa shape index (κ3) is 5.84. The van der Waals surface area contributed by atoms with Gasteiger partial charge >= 0.3 is 0 Å². The molecule has 0 aromatic heterocycles. The standard InChI is InChI=1S/C22H20ClN3O4S/c1-24-21(27)17-4-2-3-15(13-17)14-25-22(28)16-5-11-20(12-6-16)31(29,30)26-19-9-7-18(23)8-10-19/h2-13,26H,14H2,1H3,(H,24,27)(H,25,28). The summed E-state index contributed by atoms with van der Waals surface area (Å²) in [7, 11) is -2.25. The molecule has 0 unspecified atom stereocenters. The molecule has 31 heavy (non-hydrogen) atoms. The van der Waals surface area contributed by atoms with Gasteiger partial charge in [-0.05, 0) is 66.2 Å². The number of carbonyl (C=O) groups excluding carboxylic acids is 2. The average Bonchev–Trinajstić information content (AvgIpc) is 2.78. The highest BCUT2D eigenvalue weighted by Crippen LogP contribution is 2.19. The summed E-state index contributed by atoms with van der Waals surface area (Å²) in [6.45, 7) is 0.224. The van der Waals surface area contributed by atoms with E-state index in [9.17, 15) is 18.0 Å². The second-order valence-corrected chi connectivity index (χ2v) is 8.72. The molecular weight excluding hydrogens is 438 g/mol. The third-order valence-electron chi connectivity index (χ3n) is 4.39. The monoisotopic (exact) mass is 457 g/mol. The van der Waals surface area contributed by atoms with Gasteiger partial charge in [-0.2, -0.15) is 0 Å². The molecule has 0 atom stereocenters. The molecule has 0 aliphatic rings. The number of halogens is 1. The molecule has 3 aromatic carbocycles. The molecule has 0 saturated heterocycles. The predicted octanol–water partition coefficient (Wildman–Crippen LogP) is 3.43. The Morgan fingerprint density at radius 1 is 0.871 bits per heavy atom. The van der Waals surface area contributed by atoms with Crippen LogP contribution in [-0.2, 0) is 16.6 Å². The van der Waals surface area contributed by atoms with E-state index >= 15 is 0 Å². The fourth-order valence-corrected chi connectivity index (χ4v) is 3.95. The molecule has 9 heteroatoms. The number of rotatable bonds is 7. The lowest BCUT2D eigenvalue weighted by molar-refractivity contribution is 0.0948. The van der Waals surface area contributed by atoms with E-state index in [1.807, 2.05) is 0 Å². The van der Waals surface area contributed by atoms with Gasteiger partial charge in [0.1, 0.15) is 0 Å². The van der Waals surface area contributed by atoms with Gasteiger partial charge in [-0.25, -0.2) is 8.42 Å². The topological polar surface area (TPSA) is 104 Å². The number of carbonyl (C=O) groups is 2. The van der Waals surface area contributed by atoms with Gasteiger partial charge in [0.2, 0.25) is 0 Å². The molecule has 160 valence electrons. The number of hydrogen-bond acceptors (Lipinski definition) is 4. The third-order valence-corrected chi connectivity index (χ3v) is 6.04. The van der Waals surface area contributed by atoms with E-state index in [1.165, 1.54) is 24.3 Å². The van der Waals surface area contributed by atoms with E-state index in [-0.39, 0.29) is 23.3 Å². The lowest BCUT2D eigenvalue weighted by Gasteiger charge is -2.10. The molecule has 3 rings (SSSR count). The maximum Gasteiger partial charge on any atom is 0.261 e. The van der Waals surface area contributed by atoms with Crippen molar-refractivity contribution in [2.45, 2.75) is 11.4 Å². The highest BCUT2D eigenvalue weighted by molar-refractivity contribution is 7.92. The van der Waals surface area contributed by atoms with E-state index < -0.39 is 10.0 Å². The van der Waals surface area contributed by atoms with Gasteiger partial charge < -0.3 is 10.6 Å². The zero-order valence-electron chi connectivity index (χ0n) is 16.6. The number of nitrogens with one attached hydrogen (secondary N) is 3. The summed E-state index contributed by atoms with van der Waals surface area (Å²) in [6.07, 6.45) is 0. The number of amides is 2. The second kappa shape index (κ2) is 9.63. The molecular formula is C22H20ClN3O4S. The Morgan fingerprint density at radius 3 is 2.19 bits per heavy atom. The minimum absolute atomic E-state index is 0.0253. The number of sulfonamides is 1. The summed E-state index contributed by atoms with van der Waals surface area (Å²) in [5, 5.41) is 5.80. The van der Waals surface area contributed by atoms with Crippen LogP contribution in [0.15, 0.2) is 77.7 Å². The van der Waals surface area contributed by atoms with Gasteiger partial charge in [-0.1, -0.05) is 23.7 Å². The molecule has 0 aliphatic carbocycles. The summed E-state index contributed by atoms with van der Waals surface area (Å²) in [4.78, 5) is 24.1. The Kier molecular flexibility index (Phi) is 6.94. The first kappa shape index (κ1) is 22.3. The van der Waals surface area contributed by atoms with Crippen molar-refractivity contribution in [1.82, 2.24) is 10.6 Å². The Bertz CT molecular complexity index is 1190. The quantitative estimate of drug-likeness (QED) is 0.505. The molecule has 0 radical (unpaired) electrons. The fraction of sp³-hybridized carbons (Fsp3) is 0.0909. The lowest BCUT2D eigenvalue weighted by Crippen LogP contribution is -2.23. The smallest absolute Gasteiger partial charge is 0.261 e. The van der Waals surface area contributed by atoms with Gasteiger partial charge in [-0.15, -0.1) is 0 Å². The minimum atomic E-state index is -3.80. The summed E-state index contributed by atoms with van der Waals surface area (Å²) in [5.41, 5.74) is 1.95.